The molecule has 0 radical (unpaired) electrons. The summed E-state index contributed by atoms with van der Waals surface area (Å²) in [6.45, 7) is 0.361. The molecule has 0 aromatic carbocycles. The van der Waals surface area contributed by atoms with Crippen LogP contribution in [0.15, 0.2) is 0 Å². The largest absolute Gasteiger partial charge is 0.381 e. The number of anilines is 1. The maximum atomic E-state index is 11.9. The summed E-state index contributed by atoms with van der Waals surface area (Å²) in [5, 5.41) is 16.3. The molecule has 3 rings (SSSR count). The number of H-pyrrole nitrogens is 2. The third-order valence-electron chi connectivity index (χ3n) is 3.27. The SMILES string of the molecule is Nc1n[nH]c(C(=O)NCc2n[nH]c3c2CCC3)c1Cl. The van der Waals surface area contributed by atoms with E-state index in [2.05, 4.69) is 25.7 Å². The Bertz CT molecular complexity index is 631. The maximum absolute atomic E-state index is 11.9. The minimum absolute atomic E-state index is 0.118. The number of aromatic nitrogens is 4. The molecule has 7 nitrogen and oxygen atoms in total. The normalized spacial score (nSPS) is 13.5. The van der Waals surface area contributed by atoms with E-state index in [1.807, 2.05) is 0 Å². The minimum atomic E-state index is -0.344. The van der Waals surface area contributed by atoms with Crippen molar-refractivity contribution in [2.45, 2.75) is 25.8 Å². The van der Waals surface area contributed by atoms with Crippen LogP contribution in [0.2, 0.25) is 5.02 Å². The summed E-state index contributed by atoms with van der Waals surface area (Å²) in [6.07, 6.45) is 3.17. The predicted octanol–water partition coefficient (Wildman–Crippen LogP) is 0.787. The molecule has 19 heavy (non-hydrogen) atoms. The van der Waals surface area contributed by atoms with Crippen molar-refractivity contribution in [3.63, 3.8) is 0 Å². The molecule has 0 saturated carbocycles. The third-order valence-corrected chi connectivity index (χ3v) is 3.65. The lowest BCUT2D eigenvalue weighted by Gasteiger charge is -2.03. The lowest BCUT2D eigenvalue weighted by molar-refractivity contribution is 0.0945. The van der Waals surface area contributed by atoms with Gasteiger partial charge in [-0.1, -0.05) is 11.6 Å². The molecule has 0 spiro atoms. The summed E-state index contributed by atoms with van der Waals surface area (Å²) in [5.41, 5.74) is 8.92. The highest BCUT2D eigenvalue weighted by atomic mass is 35.5. The molecule has 1 amide bonds. The second-order valence-corrected chi connectivity index (χ2v) is 4.84. The van der Waals surface area contributed by atoms with E-state index in [1.54, 1.807) is 0 Å². The Morgan fingerprint density at radius 1 is 1.37 bits per heavy atom. The van der Waals surface area contributed by atoms with Crippen molar-refractivity contribution in [3.05, 3.63) is 27.7 Å². The van der Waals surface area contributed by atoms with Gasteiger partial charge in [-0.05, 0) is 24.8 Å². The number of aryl methyl sites for hydroxylation is 1. The minimum Gasteiger partial charge on any atom is -0.381 e. The van der Waals surface area contributed by atoms with Crippen LogP contribution in [0, 0.1) is 0 Å². The van der Waals surface area contributed by atoms with Gasteiger partial charge in [0.25, 0.3) is 5.91 Å². The fourth-order valence-electron chi connectivity index (χ4n) is 2.28. The van der Waals surface area contributed by atoms with Crippen molar-refractivity contribution in [1.82, 2.24) is 25.7 Å². The van der Waals surface area contributed by atoms with E-state index >= 15 is 0 Å². The first-order chi connectivity index (χ1) is 9.16. The van der Waals surface area contributed by atoms with Crippen molar-refractivity contribution >= 4 is 23.3 Å². The van der Waals surface area contributed by atoms with E-state index in [-0.39, 0.29) is 22.4 Å². The van der Waals surface area contributed by atoms with Crippen LogP contribution in [0.4, 0.5) is 5.82 Å². The molecular weight excluding hydrogens is 268 g/mol. The van der Waals surface area contributed by atoms with Crippen LogP contribution in [0.5, 0.6) is 0 Å². The molecule has 0 saturated heterocycles. The number of fused-ring (bicyclic) bond motifs is 1. The van der Waals surface area contributed by atoms with Gasteiger partial charge in [-0.2, -0.15) is 10.2 Å². The molecule has 0 aliphatic heterocycles. The van der Waals surface area contributed by atoms with E-state index in [4.69, 9.17) is 17.3 Å². The summed E-state index contributed by atoms with van der Waals surface area (Å²) in [6, 6.07) is 0. The molecule has 100 valence electrons. The molecule has 0 atom stereocenters. The van der Waals surface area contributed by atoms with E-state index in [9.17, 15) is 4.79 Å². The number of hydrogen-bond donors (Lipinski definition) is 4. The third kappa shape index (κ3) is 2.06. The van der Waals surface area contributed by atoms with Crippen molar-refractivity contribution in [3.8, 4) is 0 Å². The zero-order valence-corrected chi connectivity index (χ0v) is 10.8. The zero-order chi connectivity index (χ0) is 13.4. The van der Waals surface area contributed by atoms with Crippen molar-refractivity contribution in [2.24, 2.45) is 0 Å². The van der Waals surface area contributed by atoms with Gasteiger partial charge in [0, 0.05) is 5.69 Å². The van der Waals surface area contributed by atoms with Gasteiger partial charge in [0.15, 0.2) is 5.82 Å². The van der Waals surface area contributed by atoms with Gasteiger partial charge in [0.2, 0.25) is 0 Å². The maximum Gasteiger partial charge on any atom is 0.271 e. The summed E-state index contributed by atoms with van der Waals surface area (Å²) in [4.78, 5) is 11.9. The molecule has 2 aromatic rings. The second kappa shape index (κ2) is 4.58. The Balaban J connectivity index is 1.69. The fraction of sp³-hybridized carbons (Fsp3) is 0.364. The average Bonchev–Trinajstić information content (AvgIpc) is 3.05. The van der Waals surface area contributed by atoms with Crippen LogP contribution in [0.1, 0.15) is 33.9 Å². The number of aromatic amines is 2. The van der Waals surface area contributed by atoms with Gasteiger partial charge in [-0.15, -0.1) is 0 Å². The van der Waals surface area contributed by atoms with E-state index in [1.165, 1.54) is 11.3 Å². The lowest BCUT2D eigenvalue weighted by Crippen LogP contribution is -2.24. The average molecular weight is 281 g/mol. The molecular formula is C11H13ClN6O. The molecule has 5 N–H and O–H groups in total. The number of carbonyl (C=O) groups excluding carboxylic acids is 1. The number of halogens is 1. The summed E-state index contributed by atoms with van der Waals surface area (Å²) in [7, 11) is 0. The Labute approximate surface area is 113 Å². The first kappa shape index (κ1) is 12.0. The quantitative estimate of drug-likeness (QED) is 0.665. The van der Waals surface area contributed by atoms with E-state index in [0.717, 1.165) is 25.0 Å². The highest BCUT2D eigenvalue weighted by Gasteiger charge is 2.20. The zero-order valence-electron chi connectivity index (χ0n) is 10.1. The number of hydrogen-bond acceptors (Lipinski definition) is 4. The summed E-state index contributed by atoms with van der Waals surface area (Å²) >= 11 is 5.86. The van der Waals surface area contributed by atoms with E-state index < -0.39 is 0 Å². The smallest absolute Gasteiger partial charge is 0.271 e. The van der Waals surface area contributed by atoms with Gasteiger partial charge in [0.1, 0.15) is 10.7 Å². The highest BCUT2D eigenvalue weighted by Crippen LogP contribution is 2.23. The number of carbonyl (C=O) groups is 1. The predicted molar refractivity (Wildman–Crippen MR) is 69.8 cm³/mol. The Morgan fingerprint density at radius 2 is 2.21 bits per heavy atom. The molecule has 2 heterocycles. The van der Waals surface area contributed by atoms with Crippen molar-refractivity contribution in [2.75, 3.05) is 5.73 Å². The van der Waals surface area contributed by atoms with Crippen LogP contribution in [0.25, 0.3) is 0 Å². The monoisotopic (exact) mass is 280 g/mol. The summed E-state index contributed by atoms with van der Waals surface area (Å²) in [5.74, 6) is -0.226. The first-order valence-electron chi connectivity index (χ1n) is 5.99. The Kier molecular flexibility index (Phi) is 2.90. The molecule has 1 aliphatic rings. The topological polar surface area (TPSA) is 112 Å². The highest BCUT2D eigenvalue weighted by molar-refractivity contribution is 6.35. The fourth-order valence-corrected chi connectivity index (χ4v) is 2.45. The molecule has 2 aromatic heterocycles. The number of nitrogens with two attached hydrogens (primary N) is 1. The molecule has 0 fully saturated rings. The van der Waals surface area contributed by atoms with Gasteiger partial charge < -0.3 is 11.1 Å². The number of nitrogens with zero attached hydrogens (tertiary/aromatic N) is 2. The number of nitrogens with one attached hydrogen (secondary N) is 3. The van der Waals surface area contributed by atoms with E-state index in [0.29, 0.717) is 6.54 Å². The molecule has 8 heteroatoms. The van der Waals surface area contributed by atoms with Crippen LogP contribution in [-0.4, -0.2) is 26.3 Å². The second-order valence-electron chi connectivity index (χ2n) is 4.46. The lowest BCUT2D eigenvalue weighted by atomic mass is 10.2. The van der Waals surface area contributed by atoms with Crippen LogP contribution < -0.4 is 11.1 Å². The number of nitrogen functional groups attached to an aromatic ring is 1. The number of amides is 1. The van der Waals surface area contributed by atoms with Gasteiger partial charge in [-0.3, -0.25) is 15.0 Å². The van der Waals surface area contributed by atoms with Gasteiger partial charge in [0.05, 0.1) is 12.2 Å². The standard InChI is InChI=1S/C11H13ClN6O/c12-8-9(17-18-10(8)13)11(19)14-4-7-5-2-1-3-6(5)15-16-7/h1-4H2,(H,14,19)(H,15,16)(H3,13,17,18). The van der Waals surface area contributed by atoms with Crippen molar-refractivity contribution < 1.29 is 4.79 Å². The van der Waals surface area contributed by atoms with Gasteiger partial charge in [-0.25, -0.2) is 0 Å². The van der Waals surface area contributed by atoms with Crippen LogP contribution in [0.3, 0.4) is 0 Å². The van der Waals surface area contributed by atoms with Crippen LogP contribution >= 0.6 is 11.6 Å². The number of rotatable bonds is 3. The van der Waals surface area contributed by atoms with Gasteiger partial charge >= 0.3 is 0 Å². The Morgan fingerprint density at radius 3 is 2.95 bits per heavy atom. The summed E-state index contributed by atoms with van der Waals surface area (Å²) < 4.78 is 0. The first-order valence-corrected chi connectivity index (χ1v) is 6.37. The molecule has 1 aliphatic carbocycles. The van der Waals surface area contributed by atoms with Crippen molar-refractivity contribution in [1.29, 1.82) is 0 Å². The molecule has 0 unspecified atom stereocenters. The molecule has 0 bridgehead atoms. The Hall–Kier alpha value is -2.02. The van der Waals surface area contributed by atoms with Crippen LogP contribution in [-0.2, 0) is 19.4 Å².